The van der Waals surface area contributed by atoms with Crippen LogP contribution >= 0.6 is 11.3 Å². The molecule has 6 rings (SSSR count). The number of allylic oxidation sites excluding steroid dienone is 2. The van der Waals surface area contributed by atoms with Crippen LogP contribution < -0.4 is 0 Å². The summed E-state index contributed by atoms with van der Waals surface area (Å²) in [5.74, 6) is 1.16. The van der Waals surface area contributed by atoms with Gasteiger partial charge in [0.2, 0.25) is 0 Å². The first-order valence-electron chi connectivity index (χ1n) is 17.9. The molecule has 5 aromatic rings. The molecule has 1 radical (unpaired) electrons. The number of aliphatic hydroxyl groups excluding tert-OH is 1. The van der Waals surface area contributed by atoms with Crippen LogP contribution in [-0.4, -0.2) is 20.9 Å². The molecule has 1 N–H and O–H groups in total. The fourth-order valence-electron chi connectivity index (χ4n) is 8.15. The fraction of sp³-hybridized carbons (Fsp3) is 0.465. The van der Waals surface area contributed by atoms with Crippen LogP contribution in [0.2, 0.25) is 0 Å². The molecule has 0 atom stereocenters. The number of nitrogens with zero attached hydrogens (tertiary/aromatic N) is 2. The van der Waals surface area contributed by atoms with E-state index >= 15 is 0 Å². The van der Waals surface area contributed by atoms with Gasteiger partial charge in [-0.2, -0.15) is 0 Å². The van der Waals surface area contributed by atoms with Gasteiger partial charge in [-0.15, -0.1) is 41.0 Å². The van der Waals surface area contributed by atoms with Gasteiger partial charge in [0.05, 0.1) is 11.3 Å². The second-order valence-electron chi connectivity index (χ2n) is 15.3. The maximum Gasteiger partial charge on any atom is 0.162 e. The average molecular weight is 854 g/mol. The zero-order valence-corrected chi connectivity index (χ0v) is 33.7. The third-order valence-corrected chi connectivity index (χ3v) is 11.4. The number of hydrogen-bond acceptors (Lipinski definition) is 5. The number of carbonyl (C=O) groups is 1. The Morgan fingerprint density at radius 3 is 2.22 bits per heavy atom. The van der Waals surface area contributed by atoms with Crippen molar-refractivity contribution >= 4 is 48.2 Å². The summed E-state index contributed by atoms with van der Waals surface area (Å²) < 4.78 is 2.46. The van der Waals surface area contributed by atoms with Crippen molar-refractivity contribution in [2.24, 2.45) is 22.7 Å². The van der Waals surface area contributed by atoms with Crippen molar-refractivity contribution in [3.63, 3.8) is 0 Å². The van der Waals surface area contributed by atoms with Crippen LogP contribution in [0.25, 0.3) is 42.3 Å². The van der Waals surface area contributed by atoms with Crippen molar-refractivity contribution in [1.82, 2.24) is 9.97 Å². The van der Waals surface area contributed by atoms with Crippen LogP contribution in [0, 0.1) is 28.7 Å². The summed E-state index contributed by atoms with van der Waals surface area (Å²) in [5.41, 5.74) is 5.30. The second kappa shape index (κ2) is 16.4. The van der Waals surface area contributed by atoms with Crippen LogP contribution in [0.5, 0.6) is 0 Å². The smallest absolute Gasteiger partial charge is 0.162 e. The van der Waals surface area contributed by atoms with Crippen molar-refractivity contribution in [3.05, 3.63) is 84.4 Å². The topological polar surface area (TPSA) is 63.1 Å². The monoisotopic (exact) mass is 854 g/mol. The molecule has 1 saturated carbocycles. The van der Waals surface area contributed by atoms with Gasteiger partial charge in [0.1, 0.15) is 6.33 Å². The molecule has 263 valence electrons. The Morgan fingerprint density at radius 2 is 1.57 bits per heavy atom. The van der Waals surface area contributed by atoms with E-state index in [1.807, 2.05) is 39.0 Å². The van der Waals surface area contributed by atoms with Crippen LogP contribution in [0.4, 0.5) is 0 Å². The maximum absolute atomic E-state index is 11.7. The number of aromatic nitrogens is 2. The minimum Gasteiger partial charge on any atom is -0.512 e. The van der Waals surface area contributed by atoms with Gasteiger partial charge < -0.3 is 5.11 Å². The molecule has 4 nitrogen and oxygen atoms in total. The third-order valence-electron chi connectivity index (χ3n) is 10.3. The Kier molecular flexibility index (Phi) is 13.0. The van der Waals surface area contributed by atoms with E-state index in [-0.39, 0.29) is 43.5 Å². The maximum atomic E-state index is 11.7. The Labute approximate surface area is 311 Å². The second-order valence-corrected chi connectivity index (χ2v) is 16.4. The van der Waals surface area contributed by atoms with Gasteiger partial charge >= 0.3 is 0 Å². The van der Waals surface area contributed by atoms with Gasteiger partial charge in [-0.1, -0.05) is 96.7 Å². The van der Waals surface area contributed by atoms with E-state index in [0.717, 1.165) is 52.5 Å². The number of ketones is 1. The van der Waals surface area contributed by atoms with Gasteiger partial charge in [0.25, 0.3) is 0 Å². The summed E-state index contributed by atoms with van der Waals surface area (Å²) in [6.45, 7) is 17.8. The molecule has 0 bridgehead atoms. The normalized spacial score (nSPS) is 16.2. The standard InChI is InChI=1S/C30H29N2S.C13H24O2.Ir/c1-29(2)15-23(16-30(3,4)17-29)21-11-12-24-25(14-21)33-28-26(31-18-32-27(24)28)22-10-9-19-7-5-6-8-20(19)13-22;1-5-10(6-2)12(14)9-13(15)11(7-3)8-4;/h5-12,14,18,23H,15-17H2,1-4H3;9-11,14H,5-8H2,1-4H3;/q-1;;/b;12-9-;. The van der Waals surface area contributed by atoms with E-state index in [2.05, 4.69) is 88.4 Å². The molecule has 2 aromatic heterocycles. The summed E-state index contributed by atoms with van der Waals surface area (Å²) in [4.78, 5) is 21.1. The van der Waals surface area contributed by atoms with Crippen LogP contribution in [0.1, 0.15) is 112 Å². The predicted octanol–water partition coefficient (Wildman–Crippen LogP) is 12.7. The van der Waals surface area contributed by atoms with E-state index in [1.54, 1.807) is 6.33 Å². The van der Waals surface area contributed by atoms with E-state index in [4.69, 9.17) is 9.97 Å². The molecule has 0 spiro atoms. The molecule has 0 amide bonds. The third kappa shape index (κ3) is 9.06. The molecule has 6 heteroatoms. The Balaban J connectivity index is 0.000000290. The van der Waals surface area contributed by atoms with E-state index in [9.17, 15) is 9.90 Å². The zero-order chi connectivity index (χ0) is 34.6. The van der Waals surface area contributed by atoms with Crippen molar-refractivity contribution in [1.29, 1.82) is 0 Å². The minimum absolute atomic E-state index is 0. The molecular weight excluding hydrogens is 801 g/mol. The Morgan fingerprint density at radius 1 is 0.918 bits per heavy atom. The molecule has 2 heterocycles. The number of thiophene rings is 1. The Hall–Kier alpha value is -2.92. The number of benzene rings is 3. The van der Waals surface area contributed by atoms with Crippen LogP contribution in [0.3, 0.4) is 0 Å². The van der Waals surface area contributed by atoms with Crippen molar-refractivity contribution in [2.75, 3.05) is 0 Å². The quantitative estimate of drug-likeness (QED) is 0.0911. The molecule has 1 aliphatic rings. The largest absolute Gasteiger partial charge is 0.512 e. The molecule has 1 aliphatic carbocycles. The number of fused-ring (bicyclic) bond motifs is 4. The number of rotatable bonds is 9. The van der Waals surface area contributed by atoms with E-state index in [1.165, 1.54) is 46.4 Å². The molecule has 3 aromatic carbocycles. The molecule has 49 heavy (non-hydrogen) atoms. The predicted molar refractivity (Wildman–Crippen MR) is 205 cm³/mol. The van der Waals surface area contributed by atoms with Crippen molar-refractivity contribution in [3.8, 4) is 11.3 Å². The molecule has 1 fully saturated rings. The van der Waals surface area contributed by atoms with Gasteiger partial charge in [0.15, 0.2) is 5.78 Å². The first-order chi connectivity index (χ1) is 22.9. The number of carbonyl (C=O) groups excluding carboxylic acids is 1. The van der Waals surface area contributed by atoms with E-state index in [0.29, 0.717) is 16.7 Å². The summed E-state index contributed by atoms with van der Waals surface area (Å²) in [5, 5.41) is 13.3. The van der Waals surface area contributed by atoms with Crippen molar-refractivity contribution in [2.45, 2.75) is 106 Å². The first kappa shape index (κ1) is 38.9. The molecule has 0 aliphatic heterocycles. The summed E-state index contributed by atoms with van der Waals surface area (Å²) in [7, 11) is 0. The fourth-order valence-corrected chi connectivity index (χ4v) is 9.36. The van der Waals surface area contributed by atoms with Crippen LogP contribution in [0.15, 0.2) is 72.8 Å². The number of hydrogen-bond donors (Lipinski definition) is 1. The summed E-state index contributed by atoms with van der Waals surface area (Å²) in [6.07, 6.45) is 10.4. The summed E-state index contributed by atoms with van der Waals surface area (Å²) >= 11 is 1.82. The molecule has 0 saturated heterocycles. The SMILES string of the molecule is CC1(C)CC(c2ccc3c(c2)sc2c(-c4[c-]c5ccccc5cc4)ncnc23)CC(C)(C)C1.CCC(CC)C(=O)/C=C(\O)C(CC)CC.[Ir]. The van der Waals surface area contributed by atoms with Gasteiger partial charge in [-0.05, 0) is 73.3 Å². The first-order valence-corrected chi connectivity index (χ1v) is 18.7. The molecule has 0 unspecified atom stereocenters. The van der Waals surface area contributed by atoms with E-state index < -0.39 is 0 Å². The number of aliphatic hydroxyl groups is 1. The zero-order valence-electron chi connectivity index (χ0n) is 30.5. The van der Waals surface area contributed by atoms with Crippen LogP contribution in [-0.2, 0) is 24.9 Å². The molecular formula is C43H53IrN2O2S-. The average Bonchev–Trinajstić information content (AvgIpc) is 3.43. The van der Waals surface area contributed by atoms with Crippen molar-refractivity contribution < 1.29 is 30.0 Å². The summed E-state index contributed by atoms with van der Waals surface area (Å²) in [6, 6.07) is 23.3. The minimum atomic E-state index is 0. The van der Waals surface area contributed by atoms with Gasteiger partial charge in [-0.3, -0.25) is 9.78 Å². The van der Waals surface area contributed by atoms with Gasteiger partial charge in [-0.25, -0.2) is 4.98 Å². The van der Waals surface area contributed by atoms with Gasteiger partial charge in [0, 0.05) is 58.5 Å². The Bertz CT molecular complexity index is 1900.